The standard InChI is InChI=1S/C11H15N3O/c1-11(2,12)6-5-9-14-10-8(15-9)4-3-7-13-10/h3-4,7H,5-6,12H2,1-2H3. The number of nitrogens with two attached hydrogens (primary N) is 1. The highest BCUT2D eigenvalue weighted by Crippen LogP contribution is 2.15. The van der Waals surface area contributed by atoms with Gasteiger partial charge in [-0.15, -0.1) is 0 Å². The summed E-state index contributed by atoms with van der Waals surface area (Å²) in [5, 5.41) is 0. The second kappa shape index (κ2) is 3.62. The van der Waals surface area contributed by atoms with Crippen LogP contribution >= 0.6 is 0 Å². The number of aromatic nitrogens is 2. The van der Waals surface area contributed by atoms with Crippen LogP contribution in [0.4, 0.5) is 0 Å². The highest BCUT2D eigenvalue weighted by molar-refractivity contribution is 5.66. The molecule has 0 spiro atoms. The van der Waals surface area contributed by atoms with E-state index in [1.807, 2.05) is 26.0 Å². The summed E-state index contributed by atoms with van der Waals surface area (Å²) in [4.78, 5) is 8.39. The van der Waals surface area contributed by atoms with E-state index in [9.17, 15) is 0 Å². The molecule has 0 atom stereocenters. The van der Waals surface area contributed by atoms with Gasteiger partial charge < -0.3 is 10.2 Å². The molecule has 2 heterocycles. The van der Waals surface area contributed by atoms with Gasteiger partial charge in [-0.25, -0.2) is 4.98 Å². The van der Waals surface area contributed by atoms with E-state index in [2.05, 4.69) is 9.97 Å². The number of hydrogen-bond donors (Lipinski definition) is 1. The molecule has 0 aromatic carbocycles. The molecule has 2 N–H and O–H groups in total. The summed E-state index contributed by atoms with van der Waals surface area (Å²) < 4.78 is 5.53. The maximum absolute atomic E-state index is 5.89. The minimum Gasteiger partial charge on any atom is -0.439 e. The predicted molar refractivity (Wildman–Crippen MR) is 58.4 cm³/mol. The molecule has 0 bridgehead atoms. The average Bonchev–Trinajstić information content (AvgIpc) is 2.56. The molecule has 0 amide bonds. The van der Waals surface area contributed by atoms with Crippen molar-refractivity contribution in [1.82, 2.24) is 9.97 Å². The molecule has 0 radical (unpaired) electrons. The van der Waals surface area contributed by atoms with E-state index in [1.165, 1.54) is 0 Å². The van der Waals surface area contributed by atoms with E-state index in [0.717, 1.165) is 18.4 Å². The molecule has 0 aliphatic carbocycles. The highest BCUT2D eigenvalue weighted by Gasteiger charge is 2.13. The molecule has 15 heavy (non-hydrogen) atoms. The molecular formula is C11H15N3O. The number of oxazole rings is 1. The SMILES string of the molecule is CC(C)(N)CCc1nc2ncccc2o1. The molecule has 0 unspecified atom stereocenters. The van der Waals surface area contributed by atoms with Gasteiger partial charge in [0.05, 0.1) is 0 Å². The number of hydrogen-bond acceptors (Lipinski definition) is 4. The lowest BCUT2D eigenvalue weighted by Gasteiger charge is -2.16. The van der Waals surface area contributed by atoms with Crippen molar-refractivity contribution in [2.45, 2.75) is 32.2 Å². The zero-order valence-corrected chi connectivity index (χ0v) is 9.03. The van der Waals surface area contributed by atoms with E-state index in [-0.39, 0.29) is 5.54 Å². The third kappa shape index (κ3) is 2.53. The first-order chi connectivity index (χ1) is 7.04. The van der Waals surface area contributed by atoms with Crippen LogP contribution in [0.5, 0.6) is 0 Å². The molecule has 2 aromatic rings. The number of nitrogens with zero attached hydrogens (tertiary/aromatic N) is 2. The molecule has 0 aliphatic rings. The van der Waals surface area contributed by atoms with E-state index < -0.39 is 0 Å². The first-order valence-corrected chi connectivity index (χ1v) is 5.04. The van der Waals surface area contributed by atoms with Crippen LogP contribution in [0.2, 0.25) is 0 Å². The van der Waals surface area contributed by atoms with Crippen LogP contribution in [-0.2, 0) is 6.42 Å². The van der Waals surface area contributed by atoms with Crippen LogP contribution in [-0.4, -0.2) is 15.5 Å². The van der Waals surface area contributed by atoms with Crippen LogP contribution in [0.1, 0.15) is 26.2 Å². The summed E-state index contributed by atoms with van der Waals surface area (Å²) in [6.07, 6.45) is 3.31. The summed E-state index contributed by atoms with van der Waals surface area (Å²) in [6.45, 7) is 3.99. The van der Waals surface area contributed by atoms with Gasteiger partial charge in [-0.1, -0.05) is 0 Å². The Morgan fingerprint density at radius 3 is 2.93 bits per heavy atom. The fourth-order valence-electron chi connectivity index (χ4n) is 1.35. The quantitative estimate of drug-likeness (QED) is 0.831. The van der Waals surface area contributed by atoms with Gasteiger partial charge in [0.1, 0.15) is 0 Å². The summed E-state index contributed by atoms with van der Waals surface area (Å²) in [7, 11) is 0. The molecule has 0 saturated heterocycles. The van der Waals surface area contributed by atoms with Crippen LogP contribution in [0.3, 0.4) is 0 Å². The van der Waals surface area contributed by atoms with Crippen molar-refractivity contribution in [3.63, 3.8) is 0 Å². The Balaban J connectivity index is 2.16. The lowest BCUT2D eigenvalue weighted by molar-refractivity contribution is 0.435. The van der Waals surface area contributed by atoms with E-state index in [4.69, 9.17) is 10.2 Å². The van der Waals surface area contributed by atoms with Gasteiger partial charge >= 0.3 is 0 Å². The van der Waals surface area contributed by atoms with Crippen LogP contribution in [0, 0.1) is 0 Å². The molecule has 0 saturated carbocycles. The maximum Gasteiger partial charge on any atom is 0.198 e. The predicted octanol–water partition coefficient (Wildman–Crippen LogP) is 1.89. The van der Waals surface area contributed by atoms with Crippen molar-refractivity contribution in [2.24, 2.45) is 5.73 Å². The Morgan fingerprint density at radius 1 is 1.47 bits per heavy atom. The molecule has 0 aliphatic heterocycles. The van der Waals surface area contributed by atoms with Crippen molar-refractivity contribution in [2.75, 3.05) is 0 Å². The molecule has 80 valence electrons. The van der Waals surface area contributed by atoms with Gasteiger partial charge in [-0.05, 0) is 32.4 Å². The Bertz CT molecular complexity index is 423. The van der Waals surface area contributed by atoms with Gasteiger partial charge in [-0.2, -0.15) is 4.98 Å². The smallest absolute Gasteiger partial charge is 0.198 e. The van der Waals surface area contributed by atoms with Gasteiger partial charge in [0, 0.05) is 18.2 Å². The lowest BCUT2D eigenvalue weighted by Crippen LogP contribution is -2.32. The van der Waals surface area contributed by atoms with E-state index in [1.54, 1.807) is 6.20 Å². The summed E-state index contributed by atoms with van der Waals surface area (Å²) >= 11 is 0. The largest absolute Gasteiger partial charge is 0.439 e. The monoisotopic (exact) mass is 205 g/mol. The van der Waals surface area contributed by atoms with Crippen molar-refractivity contribution in [3.05, 3.63) is 24.2 Å². The molecule has 4 heteroatoms. The summed E-state index contributed by atoms with van der Waals surface area (Å²) in [5.41, 5.74) is 7.11. The molecular weight excluding hydrogens is 190 g/mol. The fraction of sp³-hybridized carbons (Fsp3) is 0.455. The van der Waals surface area contributed by atoms with Gasteiger partial charge in [0.15, 0.2) is 17.1 Å². The zero-order valence-electron chi connectivity index (χ0n) is 9.03. The average molecular weight is 205 g/mol. The van der Waals surface area contributed by atoms with E-state index >= 15 is 0 Å². The van der Waals surface area contributed by atoms with Gasteiger partial charge in [0.2, 0.25) is 0 Å². The zero-order chi connectivity index (χ0) is 10.9. The number of pyridine rings is 1. The van der Waals surface area contributed by atoms with Crippen LogP contribution in [0.15, 0.2) is 22.7 Å². The number of aryl methyl sites for hydroxylation is 1. The van der Waals surface area contributed by atoms with Crippen LogP contribution in [0.25, 0.3) is 11.2 Å². The topological polar surface area (TPSA) is 64.9 Å². The first-order valence-electron chi connectivity index (χ1n) is 5.04. The first kappa shape index (κ1) is 10.1. The third-order valence-corrected chi connectivity index (χ3v) is 2.19. The Hall–Kier alpha value is -1.42. The molecule has 0 fully saturated rings. The number of rotatable bonds is 3. The van der Waals surface area contributed by atoms with Crippen molar-refractivity contribution in [3.8, 4) is 0 Å². The summed E-state index contributed by atoms with van der Waals surface area (Å²) in [6, 6.07) is 3.70. The molecule has 2 rings (SSSR count). The Kier molecular flexibility index (Phi) is 2.44. The Labute approximate surface area is 88.5 Å². The molecule has 2 aromatic heterocycles. The molecule has 4 nitrogen and oxygen atoms in total. The van der Waals surface area contributed by atoms with Crippen molar-refractivity contribution >= 4 is 11.2 Å². The third-order valence-electron chi connectivity index (χ3n) is 2.19. The second-order valence-corrected chi connectivity index (χ2v) is 4.42. The highest BCUT2D eigenvalue weighted by atomic mass is 16.3. The van der Waals surface area contributed by atoms with Crippen molar-refractivity contribution in [1.29, 1.82) is 0 Å². The van der Waals surface area contributed by atoms with Crippen LogP contribution < -0.4 is 5.73 Å². The second-order valence-electron chi connectivity index (χ2n) is 4.42. The van der Waals surface area contributed by atoms with Gasteiger partial charge in [0.25, 0.3) is 0 Å². The minimum absolute atomic E-state index is 0.186. The summed E-state index contributed by atoms with van der Waals surface area (Å²) in [5.74, 6) is 0.710. The lowest BCUT2D eigenvalue weighted by atomic mass is 10.0. The van der Waals surface area contributed by atoms with E-state index in [0.29, 0.717) is 11.5 Å². The van der Waals surface area contributed by atoms with Crippen molar-refractivity contribution < 1.29 is 4.42 Å². The Morgan fingerprint density at radius 2 is 2.27 bits per heavy atom. The minimum atomic E-state index is -0.186. The normalized spacial score (nSPS) is 12.2. The van der Waals surface area contributed by atoms with Gasteiger partial charge in [-0.3, -0.25) is 0 Å². The number of fused-ring (bicyclic) bond motifs is 1. The maximum atomic E-state index is 5.89. The fourth-order valence-corrected chi connectivity index (χ4v) is 1.35.